The van der Waals surface area contributed by atoms with Crippen LogP contribution in [-0.4, -0.2) is 0 Å². The SMILES string of the molecule is CCCC(C)c1ccc(N(c2ccccc2)c2ccc(C=Cc3ccc(C=Cc4ccc(N(c5ccccc5)c5ccc(C(C)CC)cc5)cc4)cc3)cc2)cc1. The number of rotatable bonds is 15. The average Bonchev–Trinajstić information content (AvgIpc) is 3.27. The van der Waals surface area contributed by atoms with E-state index in [1.807, 2.05) is 0 Å². The molecule has 0 saturated carbocycles. The molecule has 2 nitrogen and oxygen atoms in total. The third-order valence-corrected chi connectivity index (χ3v) is 11.0. The van der Waals surface area contributed by atoms with Gasteiger partial charge in [-0.3, -0.25) is 0 Å². The molecule has 0 amide bonds. The molecule has 0 bridgehead atoms. The van der Waals surface area contributed by atoms with Crippen molar-refractivity contribution in [3.05, 3.63) is 215 Å². The van der Waals surface area contributed by atoms with Crippen molar-refractivity contribution in [2.45, 2.75) is 58.8 Å². The normalized spacial score (nSPS) is 12.5. The summed E-state index contributed by atoms with van der Waals surface area (Å²) in [6, 6.07) is 65.7. The molecule has 57 heavy (non-hydrogen) atoms. The van der Waals surface area contributed by atoms with Crippen LogP contribution in [0.5, 0.6) is 0 Å². The van der Waals surface area contributed by atoms with Gasteiger partial charge in [-0.15, -0.1) is 0 Å². The van der Waals surface area contributed by atoms with Crippen LogP contribution in [0.2, 0.25) is 0 Å². The molecule has 0 N–H and O–H groups in total. The van der Waals surface area contributed by atoms with E-state index in [1.54, 1.807) is 0 Å². The van der Waals surface area contributed by atoms with E-state index in [0.717, 1.165) is 51.7 Å². The summed E-state index contributed by atoms with van der Waals surface area (Å²) in [6.07, 6.45) is 12.3. The molecule has 0 spiro atoms. The number of nitrogens with zero attached hydrogens (tertiary/aromatic N) is 2. The standard InChI is InChI=1S/C55H54N2/c1-5-13-43(4)49-32-40-55(41-33-49)57(51-16-11-8-12-17-51)53-36-28-47(29-37-53)25-23-45-20-18-44(19-21-45)22-24-46-26-34-52(35-27-46)56(50-14-9-7-10-15-50)54-38-30-48(31-39-54)42(3)6-2/h7-12,14-43H,5-6,13H2,1-4H3. The van der Waals surface area contributed by atoms with Gasteiger partial charge in [0.05, 0.1) is 0 Å². The lowest BCUT2D eigenvalue weighted by molar-refractivity contribution is 0.665. The predicted molar refractivity (Wildman–Crippen MR) is 249 cm³/mol. The van der Waals surface area contributed by atoms with Gasteiger partial charge in [0.25, 0.3) is 0 Å². The number of hydrogen-bond acceptors (Lipinski definition) is 2. The van der Waals surface area contributed by atoms with Crippen LogP contribution in [0.1, 0.15) is 92.2 Å². The van der Waals surface area contributed by atoms with Gasteiger partial charge in [0.2, 0.25) is 0 Å². The van der Waals surface area contributed by atoms with Gasteiger partial charge in [0, 0.05) is 34.1 Å². The molecule has 7 rings (SSSR count). The maximum atomic E-state index is 2.33. The van der Waals surface area contributed by atoms with E-state index >= 15 is 0 Å². The van der Waals surface area contributed by atoms with Crippen LogP contribution in [0, 0.1) is 0 Å². The quantitative estimate of drug-likeness (QED) is 0.0965. The summed E-state index contributed by atoms with van der Waals surface area (Å²) in [4.78, 5) is 4.65. The molecule has 0 aromatic heterocycles. The fourth-order valence-corrected chi connectivity index (χ4v) is 7.36. The number of hydrogen-bond donors (Lipinski definition) is 0. The highest BCUT2D eigenvalue weighted by atomic mass is 15.1. The van der Waals surface area contributed by atoms with Crippen molar-refractivity contribution in [2.75, 3.05) is 9.80 Å². The maximum absolute atomic E-state index is 2.33. The fraction of sp³-hybridized carbons (Fsp3) is 0.164. The molecule has 2 heteroatoms. The second kappa shape index (κ2) is 19.0. The minimum Gasteiger partial charge on any atom is -0.311 e. The summed E-state index contributed by atoms with van der Waals surface area (Å²) in [5.74, 6) is 1.12. The summed E-state index contributed by atoms with van der Waals surface area (Å²) in [5.41, 5.74) is 14.3. The van der Waals surface area contributed by atoms with Crippen molar-refractivity contribution in [1.29, 1.82) is 0 Å². The Morgan fingerprint density at radius 2 is 0.632 bits per heavy atom. The van der Waals surface area contributed by atoms with Crippen molar-refractivity contribution in [3.63, 3.8) is 0 Å². The van der Waals surface area contributed by atoms with Gasteiger partial charge in [-0.1, -0.05) is 168 Å². The molecule has 0 heterocycles. The topological polar surface area (TPSA) is 6.48 Å². The van der Waals surface area contributed by atoms with Crippen LogP contribution in [0.3, 0.4) is 0 Å². The lowest BCUT2D eigenvalue weighted by Gasteiger charge is -2.26. The summed E-state index contributed by atoms with van der Waals surface area (Å²) < 4.78 is 0. The van der Waals surface area contributed by atoms with E-state index in [9.17, 15) is 0 Å². The van der Waals surface area contributed by atoms with Crippen LogP contribution in [0.4, 0.5) is 34.1 Å². The molecule has 7 aromatic rings. The first-order chi connectivity index (χ1) is 28.0. The third kappa shape index (κ3) is 9.90. The Kier molecular flexibility index (Phi) is 12.9. The van der Waals surface area contributed by atoms with Gasteiger partial charge in [0.15, 0.2) is 0 Å². The zero-order chi connectivity index (χ0) is 39.4. The molecule has 2 atom stereocenters. The number of para-hydroxylation sites is 2. The lowest BCUT2D eigenvalue weighted by atomic mass is 9.96. The summed E-state index contributed by atoms with van der Waals surface area (Å²) >= 11 is 0. The highest BCUT2D eigenvalue weighted by Gasteiger charge is 2.15. The zero-order valence-electron chi connectivity index (χ0n) is 33.8. The number of anilines is 6. The van der Waals surface area contributed by atoms with Gasteiger partial charge in [-0.25, -0.2) is 0 Å². The highest BCUT2D eigenvalue weighted by Crippen LogP contribution is 2.37. The molecular formula is C55H54N2. The summed E-state index contributed by atoms with van der Waals surface area (Å²) in [6.45, 7) is 9.11. The van der Waals surface area contributed by atoms with Gasteiger partial charge in [-0.2, -0.15) is 0 Å². The summed E-state index contributed by atoms with van der Waals surface area (Å²) in [5, 5.41) is 0. The Labute approximate surface area is 341 Å². The molecular weight excluding hydrogens is 689 g/mol. The van der Waals surface area contributed by atoms with Gasteiger partial charge in [-0.05, 0) is 131 Å². The third-order valence-electron chi connectivity index (χ3n) is 11.0. The molecule has 0 fully saturated rings. The van der Waals surface area contributed by atoms with E-state index in [1.165, 1.54) is 35.1 Å². The maximum Gasteiger partial charge on any atom is 0.0462 e. The smallest absolute Gasteiger partial charge is 0.0462 e. The second-order valence-electron chi connectivity index (χ2n) is 15.0. The van der Waals surface area contributed by atoms with E-state index in [0.29, 0.717) is 11.8 Å². The highest BCUT2D eigenvalue weighted by molar-refractivity contribution is 5.80. The van der Waals surface area contributed by atoms with Crippen LogP contribution < -0.4 is 9.80 Å². The van der Waals surface area contributed by atoms with E-state index in [-0.39, 0.29) is 0 Å². The van der Waals surface area contributed by atoms with Gasteiger partial charge < -0.3 is 9.80 Å². The van der Waals surface area contributed by atoms with E-state index in [4.69, 9.17) is 0 Å². The Bertz CT molecular complexity index is 2320. The van der Waals surface area contributed by atoms with Gasteiger partial charge >= 0.3 is 0 Å². The largest absolute Gasteiger partial charge is 0.311 e. The van der Waals surface area contributed by atoms with Crippen molar-refractivity contribution in [2.24, 2.45) is 0 Å². The minimum absolute atomic E-state index is 0.554. The predicted octanol–water partition coefficient (Wildman–Crippen LogP) is 16.4. The van der Waals surface area contributed by atoms with Crippen LogP contribution >= 0.6 is 0 Å². The van der Waals surface area contributed by atoms with E-state index < -0.39 is 0 Å². The lowest BCUT2D eigenvalue weighted by Crippen LogP contribution is -2.10. The first kappa shape index (κ1) is 38.9. The van der Waals surface area contributed by atoms with Crippen LogP contribution in [0.25, 0.3) is 24.3 Å². The summed E-state index contributed by atoms with van der Waals surface area (Å²) in [7, 11) is 0. The van der Waals surface area contributed by atoms with Crippen LogP contribution in [0.15, 0.2) is 182 Å². The minimum atomic E-state index is 0.554. The van der Waals surface area contributed by atoms with Crippen molar-refractivity contribution in [1.82, 2.24) is 0 Å². The number of benzene rings is 7. The van der Waals surface area contributed by atoms with Crippen LogP contribution in [-0.2, 0) is 0 Å². The molecule has 0 saturated heterocycles. The molecule has 0 aliphatic carbocycles. The Hall–Kier alpha value is -6.38. The Morgan fingerprint density at radius 1 is 0.351 bits per heavy atom. The molecule has 0 aliphatic heterocycles. The molecule has 7 aromatic carbocycles. The zero-order valence-corrected chi connectivity index (χ0v) is 33.8. The van der Waals surface area contributed by atoms with E-state index in [2.05, 4.69) is 244 Å². The van der Waals surface area contributed by atoms with Crippen molar-refractivity contribution < 1.29 is 0 Å². The molecule has 2 unspecified atom stereocenters. The fourth-order valence-electron chi connectivity index (χ4n) is 7.36. The first-order valence-corrected chi connectivity index (χ1v) is 20.6. The molecule has 0 aliphatic rings. The first-order valence-electron chi connectivity index (χ1n) is 20.6. The molecule has 284 valence electrons. The van der Waals surface area contributed by atoms with Crippen molar-refractivity contribution >= 4 is 58.4 Å². The Morgan fingerprint density at radius 3 is 0.947 bits per heavy atom. The average molecular weight is 743 g/mol. The van der Waals surface area contributed by atoms with Gasteiger partial charge in [0.1, 0.15) is 0 Å². The van der Waals surface area contributed by atoms with Crippen molar-refractivity contribution in [3.8, 4) is 0 Å². The molecule has 0 radical (unpaired) electrons. The monoisotopic (exact) mass is 742 g/mol. The second-order valence-corrected chi connectivity index (χ2v) is 15.0. The Balaban J connectivity index is 1.01.